The van der Waals surface area contributed by atoms with E-state index in [0.717, 1.165) is 5.69 Å². The highest BCUT2D eigenvalue weighted by Gasteiger charge is 2.08. The number of hydrogen-bond acceptors (Lipinski definition) is 5. The molecule has 1 aromatic carbocycles. The molecule has 0 atom stereocenters. The van der Waals surface area contributed by atoms with Gasteiger partial charge in [0.25, 0.3) is 0 Å². The fraction of sp³-hybridized carbons (Fsp3) is 0.286. The Balaban J connectivity index is 1.95. The van der Waals surface area contributed by atoms with E-state index in [4.69, 9.17) is 16.3 Å². The van der Waals surface area contributed by atoms with Crippen LogP contribution in [0.15, 0.2) is 23.6 Å². The van der Waals surface area contributed by atoms with Crippen LogP contribution in [-0.4, -0.2) is 17.6 Å². The zero-order chi connectivity index (χ0) is 15.2. The number of nitrogens with one attached hydrogen (secondary N) is 1. The van der Waals surface area contributed by atoms with E-state index in [9.17, 15) is 9.18 Å². The summed E-state index contributed by atoms with van der Waals surface area (Å²) < 4.78 is 17.8. The summed E-state index contributed by atoms with van der Waals surface area (Å²) in [6.45, 7) is 2.15. The maximum absolute atomic E-state index is 13.0. The van der Waals surface area contributed by atoms with Crippen LogP contribution in [0.4, 0.5) is 15.2 Å². The molecule has 0 spiro atoms. The quantitative estimate of drug-likeness (QED) is 0.808. The fourth-order valence-electron chi connectivity index (χ4n) is 1.65. The second-order valence-electron chi connectivity index (χ2n) is 4.20. The zero-order valence-corrected chi connectivity index (χ0v) is 12.9. The minimum absolute atomic E-state index is 0.235. The SMILES string of the molecule is CCOC(=O)CCc1csc(Nc2ccc(F)cc2Cl)n1. The molecule has 0 bridgehead atoms. The van der Waals surface area contributed by atoms with Crippen LogP contribution in [0.1, 0.15) is 19.0 Å². The fourth-order valence-corrected chi connectivity index (χ4v) is 2.62. The van der Waals surface area contributed by atoms with Crippen molar-refractivity contribution in [2.24, 2.45) is 0 Å². The molecular formula is C14H14ClFN2O2S. The second kappa shape index (κ2) is 7.38. The summed E-state index contributed by atoms with van der Waals surface area (Å²) in [6.07, 6.45) is 0.822. The minimum Gasteiger partial charge on any atom is -0.466 e. The molecule has 1 N–H and O–H groups in total. The number of anilines is 2. The Morgan fingerprint density at radius 2 is 2.33 bits per heavy atom. The number of carbonyl (C=O) groups excluding carboxylic acids is 1. The Morgan fingerprint density at radius 1 is 1.52 bits per heavy atom. The highest BCUT2D eigenvalue weighted by Crippen LogP contribution is 2.28. The smallest absolute Gasteiger partial charge is 0.306 e. The van der Waals surface area contributed by atoms with Gasteiger partial charge in [0.1, 0.15) is 5.82 Å². The first kappa shape index (κ1) is 15.7. The standard InChI is InChI=1S/C14H14ClFN2O2S/c1-2-20-13(19)6-4-10-8-21-14(17-10)18-12-5-3-9(16)7-11(12)15/h3,5,7-8H,2,4,6H2,1H3,(H,17,18). The van der Waals surface area contributed by atoms with Crippen LogP contribution in [0, 0.1) is 5.82 Å². The lowest BCUT2D eigenvalue weighted by Gasteiger charge is -2.04. The summed E-state index contributed by atoms with van der Waals surface area (Å²) in [6, 6.07) is 4.11. The van der Waals surface area contributed by atoms with E-state index in [1.165, 1.54) is 23.5 Å². The topological polar surface area (TPSA) is 51.2 Å². The molecule has 112 valence electrons. The first-order valence-corrected chi connectivity index (χ1v) is 7.66. The number of rotatable bonds is 6. The number of ether oxygens (including phenoxy) is 1. The Hall–Kier alpha value is -1.66. The van der Waals surface area contributed by atoms with Crippen molar-refractivity contribution in [3.05, 3.63) is 40.1 Å². The van der Waals surface area contributed by atoms with Crippen LogP contribution >= 0.6 is 22.9 Å². The molecule has 2 rings (SSSR count). The zero-order valence-electron chi connectivity index (χ0n) is 11.4. The minimum atomic E-state index is -0.389. The van der Waals surface area contributed by atoms with E-state index in [2.05, 4.69) is 10.3 Å². The van der Waals surface area contributed by atoms with Crippen LogP contribution in [0.5, 0.6) is 0 Å². The maximum atomic E-state index is 13.0. The molecule has 0 fully saturated rings. The van der Waals surface area contributed by atoms with Crippen molar-refractivity contribution in [2.75, 3.05) is 11.9 Å². The van der Waals surface area contributed by atoms with Crippen molar-refractivity contribution in [2.45, 2.75) is 19.8 Å². The van der Waals surface area contributed by atoms with Crippen LogP contribution in [-0.2, 0) is 16.0 Å². The van der Waals surface area contributed by atoms with Gasteiger partial charge in [-0.25, -0.2) is 9.37 Å². The van der Waals surface area contributed by atoms with Gasteiger partial charge in [0.15, 0.2) is 5.13 Å². The van der Waals surface area contributed by atoms with E-state index in [1.807, 2.05) is 5.38 Å². The molecule has 0 aliphatic rings. The number of esters is 1. The summed E-state index contributed by atoms with van der Waals surface area (Å²) in [4.78, 5) is 15.6. The molecule has 4 nitrogen and oxygen atoms in total. The molecule has 0 amide bonds. The molecule has 0 aliphatic heterocycles. The summed E-state index contributed by atoms with van der Waals surface area (Å²) in [7, 11) is 0. The van der Waals surface area contributed by atoms with E-state index in [1.54, 1.807) is 13.0 Å². The van der Waals surface area contributed by atoms with Gasteiger partial charge in [-0.3, -0.25) is 4.79 Å². The van der Waals surface area contributed by atoms with Crippen LogP contribution in [0.3, 0.4) is 0 Å². The number of carbonyl (C=O) groups is 1. The van der Waals surface area contributed by atoms with Gasteiger partial charge in [0.05, 0.1) is 29.4 Å². The van der Waals surface area contributed by atoms with Gasteiger partial charge in [-0.05, 0) is 25.1 Å². The van der Waals surface area contributed by atoms with Gasteiger partial charge in [-0.1, -0.05) is 11.6 Å². The maximum Gasteiger partial charge on any atom is 0.306 e. The van der Waals surface area contributed by atoms with Crippen molar-refractivity contribution >= 4 is 39.7 Å². The van der Waals surface area contributed by atoms with Crippen molar-refractivity contribution in [3.8, 4) is 0 Å². The lowest BCUT2D eigenvalue weighted by atomic mass is 10.2. The summed E-state index contributed by atoms with van der Waals surface area (Å²) in [5.74, 6) is -0.624. The molecule has 0 radical (unpaired) electrons. The second-order valence-corrected chi connectivity index (χ2v) is 5.46. The van der Waals surface area contributed by atoms with Gasteiger partial charge >= 0.3 is 5.97 Å². The van der Waals surface area contributed by atoms with Crippen LogP contribution < -0.4 is 5.32 Å². The number of aryl methyl sites for hydroxylation is 1. The molecule has 0 saturated carbocycles. The third-order valence-corrected chi connectivity index (χ3v) is 3.73. The molecule has 7 heteroatoms. The molecule has 0 unspecified atom stereocenters. The lowest BCUT2D eigenvalue weighted by molar-refractivity contribution is -0.143. The number of thiazole rings is 1. The molecule has 1 heterocycles. The van der Waals surface area contributed by atoms with Crippen molar-refractivity contribution < 1.29 is 13.9 Å². The predicted molar refractivity (Wildman–Crippen MR) is 81.8 cm³/mol. The molecule has 0 saturated heterocycles. The van der Waals surface area contributed by atoms with Crippen LogP contribution in [0.25, 0.3) is 0 Å². The Bertz CT molecular complexity index is 633. The van der Waals surface area contributed by atoms with E-state index in [0.29, 0.717) is 35.3 Å². The molecule has 1 aromatic heterocycles. The highest BCUT2D eigenvalue weighted by atomic mass is 35.5. The van der Waals surface area contributed by atoms with Crippen molar-refractivity contribution in [1.29, 1.82) is 0 Å². The number of benzene rings is 1. The predicted octanol–water partition coefficient (Wildman–Crippen LogP) is 4.17. The number of aromatic nitrogens is 1. The first-order valence-electron chi connectivity index (χ1n) is 6.40. The van der Waals surface area contributed by atoms with Crippen molar-refractivity contribution in [3.63, 3.8) is 0 Å². The average molecular weight is 329 g/mol. The van der Waals surface area contributed by atoms with Gasteiger partial charge in [-0.2, -0.15) is 0 Å². The normalized spacial score (nSPS) is 10.4. The summed E-state index contributed by atoms with van der Waals surface area (Å²) >= 11 is 7.33. The monoisotopic (exact) mass is 328 g/mol. The van der Waals surface area contributed by atoms with Gasteiger partial charge in [-0.15, -0.1) is 11.3 Å². The molecule has 21 heavy (non-hydrogen) atoms. The summed E-state index contributed by atoms with van der Waals surface area (Å²) in [5.41, 5.74) is 1.39. The Morgan fingerprint density at radius 3 is 3.05 bits per heavy atom. The van der Waals surface area contributed by atoms with Gasteiger partial charge in [0, 0.05) is 11.8 Å². The highest BCUT2D eigenvalue weighted by molar-refractivity contribution is 7.13. The van der Waals surface area contributed by atoms with E-state index < -0.39 is 0 Å². The van der Waals surface area contributed by atoms with E-state index in [-0.39, 0.29) is 11.8 Å². The van der Waals surface area contributed by atoms with E-state index >= 15 is 0 Å². The first-order chi connectivity index (χ1) is 10.1. The summed E-state index contributed by atoms with van der Waals surface area (Å²) in [5, 5.41) is 5.82. The van der Waals surface area contributed by atoms with Gasteiger partial charge < -0.3 is 10.1 Å². The molecule has 2 aromatic rings. The average Bonchev–Trinajstić information content (AvgIpc) is 2.88. The molecule has 0 aliphatic carbocycles. The number of nitrogens with zero attached hydrogens (tertiary/aromatic N) is 1. The lowest BCUT2D eigenvalue weighted by Crippen LogP contribution is -2.05. The third-order valence-electron chi connectivity index (χ3n) is 2.62. The number of hydrogen-bond donors (Lipinski definition) is 1. The van der Waals surface area contributed by atoms with Gasteiger partial charge in [0.2, 0.25) is 0 Å². The van der Waals surface area contributed by atoms with Crippen molar-refractivity contribution in [1.82, 2.24) is 4.98 Å². The molecular weight excluding hydrogens is 315 g/mol. The number of halogens is 2. The Labute approximate surface area is 130 Å². The van der Waals surface area contributed by atoms with Crippen LogP contribution in [0.2, 0.25) is 5.02 Å². The largest absolute Gasteiger partial charge is 0.466 e. The Kier molecular flexibility index (Phi) is 5.52. The third kappa shape index (κ3) is 4.68.